The Bertz CT molecular complexity index is 768. The fourth-order valence-electron chi connectivity index (χ4n) is 3.86. The van der Waals surface area contributed by atoms with Crippen molar-refractivity contribution in [3.8, 4) is 0 Å². The number of hydrogen-bond acceptors (Lipinski definition) is 3. The number of amides is 1. The van der Waals surface area contributed by atoms with Crippen molar-refractivity contribution in [2.24, 2.45) is 5.92 Å². The van der Waals surface area contributed by atoms with Crippen LogP contribution in [-0.2, 0) is 10.2 Å². The van der Waals surface area contributed by atoms with E-state index in [4.69, 9.17) is 9.15 Å². The van der Waals surface area contributed by atoms with Crippen LogP contribution in [0.3, 0.4) is 0 Å². The van der Waals surface area contributed by atoms with E-state index in [0.29, 0.717) is 22.9 Å². The third kappa shape index (κ3) is 4.82. The Morgan fingerprint density at radius 2 is 2.00 bits per heavy atom. The van der Waals surface area contributed by atoms with Crippen LogP contribution >= 0.6 is 15.9 Å². The highest BCUT2D eigenvalue weighted by Crippen LogP contribution is 2.41. The number of nitrogens with one attached hydrogen (secondary N) is 1. The lowest BCUT2D eigenvalue weighted by Crippen LogP contribution is -2.43. The number of carbonyl (C=O) groups is 1. The summed E-state index contributed by atoms with van der Waals surface area (Å²) >= 11 is 3.24. The van der Waals surface area contributed by atoms with Gasteiger partial charge in [-0.15, -0.1) is 0 Å². The number of furan rings is 1. The lowest BCUT2D eigenvalue weighted by atomic mass is 9.68. The topological polar surface area (TPSA) is 51.5 Å². The second-order valence-electron chi connectivity index (χ2n) is 7.86. The van der Waals surface area contributed by atoms with Crippen molar-refractivity contribution in [1.82, 2.24) is 5.32 Å². The Labute approximate surface area is 169 Å². The number of hydrogen-bond donors (Lipinski definition) is 1. The Balaban J connectivity index is 1.74. The molecule has 1 aromatic heterocycles. The highest BCUT2D eigenvalue weighted by atomic mass is 79.9. The average Bonchev–Trinajstić information content (AvgIpc) is 3.09. The van der Waals surface area contributed by atoms with Gasteiger partial charge in [-0.1, -0.05) is 43.7 Å². The van der Waals surface area contributed by atoms with Crippen LogP contribution < -0.4 is 5.32 Å². The number of benzene rings is 1. The quantitative estimate of drug-likeness (QED) is 0.676. The second-order valence-corrected chi connectivity index (χ2v) is 8.64. The summed E-state index contributed by atoms with van der Waals surface area (Å²) in [5.41, 5.74) is 2.63. The fourth-order valence-corrected chi connectivity index (χ4v) is 4.17. The van der Waals surface area contributed by atoms with E-state index in [9.17, 15) is 4.79 Å². The number of aryl methyl sites for hydroxylation is 1. The molecule has 0 aliphatic carbocycles. The Hall–Kier alpha value is -1.59. The van der Waals surface area contributed by atoms with Gasteiger partial charge in [0.2, 0.25) is 0 Å². The van der Waals surface area contributed by atoms with Crippen molar-refractivity contribution in [1.29, 1.82) is 0 Å². The van der Waals surface area contributed by atoms with Gasteiger partial charge in [0.1, 0.15) is 0 Å². The molecule has 0 radical (unpaired) electrons. The summed E-state index contributed by atoms with van der Waals surface area (Å²) < 4.78 is 11.9. The highest BCUT2D eigenvalue weighted by Gasteiger charge is 2.39. The first kappa shape index (κ1) is 20.2. The van der Waals surface area contributed by atoms with Gasteiger partial charge in [0.15, 0.2) is 10.4 Å². The molecule has 1 saturated heterocycles. The van der Waals surface area contributed by atoms with Gasteiger partial charge in [-0.2, -0.15) is 0 Å². The monoisotopic (exact) mass is 433 g/mol. The molecule has 3 rings (SSSR count). The van der Waals surface area contributed by atoms with Gasteiger partial charge in [-0.25, -0.2) is 0 Å². The van der Waals surface area contributed by atoms with Crippen molar-refractivity contribution in [2.75, 3.05) is 13.2 Å². The molecule has 0 saturated carbocycles. The molecule has 1 aliphatic heterocycles. The molecule has 5 heteroatoms. The molecule has 27 heavy (non-hydrogen) atoms. The number of carbonyl (C=O) groups excluding carboxylic acids is 1. The van der Waals surface area contributed by atoms with E-state index < -0.39 is 0 Å². The zero-order valence-electron chi connectivity index (χ0n) is 16.3. The van der Waals surface area contributed by atoms with E-state index >= 15 is 0 Å². The van der Waals surface area contributed by atoms with E-state index in [1.54, 1.807) is 12.1 Å². The van der Waals surface area contributed by atoms with Crippen LogP contribution in [0.5, 0.6) is 0 Å². The number of halogens is 1. The maximum atomic E-state index is 12.3. The van der Waals surface area contributed by atoms with Crippen molar-refractivity contribution in [2.45, 2.75) is 51.6 Å². The molecular formula is C22H28BrNO3. The Morgan fingerprint density at radius 1 is 1.26 bits per heavy atom. The van der Waals surface area contributed by atoms with Crippen LogP contribution in [0.4, 0.5) is 0 Å². The first-order valence-electron chi connectivity index (χ1n) is 9.62. The minimum absolute atomic E-state index is 0.0257. The summed E-state index contributed by atoms with van der Waals surface area (Å²) in [6, 6.07) is 12.2. The van der Waals surface area contributed by atoms with Crippen LogP contribution in [0.15, 0.2) is 45.5 Å². The van der Waals surface area contributed by atoms with E-state index in [0.717, 1.165) is 25.9 Å². The van der Waals surface area contributed by atoms with Crippen molar-refractivity contribution >= 4 is 21.8 Å². The maximum absolute atomic E-state index is 12.3. The van der Waals surface area contributed by atoms with Gasteiger partial charge in [0.25, 0.3) is 5.91 Å². The Morgan fingerprint density at radius 3 is 2.63 bits per heavy atom. The van der Waals surface area contributed by atoms with Crippen LogP contribution in [0.1, 0.15) is 54.8 Å². The molecule has 1 aromatic carbocycles. The van der Waals surface area contributed by atoms with Crippen LogP contribution in [-0.4, -0.2) is 25.2 Å². The largest absolute Gasteiger partial charge is 0.444 e. The van der Waals surface area contributed by atoms with E-state index in [2.05, 4.69) is 66.3 Å². The van der Waals surface area contributed by atoms with Gasteiger partial charge < -0.3 is 14.5 Å². The van der Waals surface area contributed by atoms with Crippen LogP contribution in [0, 0.1) is 12.8 Å². The van der Waals surface area contributed by atoms with E-state index in [1.807, 2.05) is 0 Å². The lowest BCUT2D eigenvalue weighted by molar-refractivity contribution is -0.0468. The molecule has 1 aliphatic rings. The molecule has 0 bridgehead atoms. The summed E-state index contributed by atoms with van der Waals surface area (Å²) in [7, 11) is 0. The van der Waals surface area contributed by atoms with Gasteiger partial charge in [0, 0.05) is 18.6 Å². The summed E-state index contributed by atoms with van der Waals surface area (Å²) in [6.07, 6.45) is 3.09. The molecule has 146 valence electrons. The molecule has 0 spiro atoms. The molecule has 2 atom stereocenters. The van der Waals surface area contributed by atoms with E-state index in [1.165, 1.54) is 11.1 Å². The minimum atomic E-state index is -0.174. The smallest absolute Gasteiger partial charge is 0.287 e. The summed E-state index contributed by atoms with van der Waals surface area (Å²) in [5.74, 6) is 0.635. The average molecular weight is 434 g/mol. The SMILES string of the molecule is Cc1ccc([C@]2(CCNC(=O)c3ccc(Br)o3)CCO[C@@H](C(C)C)C2)cc1. The normalized spacial score (nSPS) is 22.8. The lowest BCUT2D eigenvalue weighted by Gasteiger charge is -2.43. The van der Waals surface area contributed by atoms with Gasteiger partial charge in [0.05, 0.1) is 6.10 Å². The van der Waals surface area contributed by atoms with Crippen molar-refractivity contribution in [3.05, 3.63) is 58.0 Å². The Kier molecular flexibility index (Phi) is 6.43. The van der Waals surface area contributed by atoms with E-state index in [-0.39, 0.29) is 17.4 Å². The molecule has 0 unspecified atom stereocenters. The molecule has 1 N–H and O–H groups in total. The van der Waals surface area contributed by atoms with Crippen molar-refractivity contribution in [3.63, 3.8) is 0 Å². The molecule has 2 aromatic rings. The summed E-state index contributed by atoms with van der Waals surface area (Å²) in [5, 5.41) is 3.02. The van der Waals surface area contributed by atoms with Crippen molar-refractivity contribution < 1.29 is 13.9 Å². The summed E-state index contributed by atoms with van der Waals surface area (Å²) in [4.78, 5) is 12.3. The third-order valence-electron chi connectivity index (χ3n) is 5.60. The zero-order valence-corrected chi connectivity index (χ0v) is 17.8. The third-order valence-corrected chi connectivity index (χ3v) is 6.02. The highest BCUT2D eigenvalue weighted by molar-refractivity contribution is 9.10. The molecule has 1 fully saturated rings. The predicted molar refractivity (Wildman–Crippen MR) is 110 cm³/mol. The molecule has 1 amide bonds. The van der Waals surface area contributed by atoms with Gasteiger partial charge in [-0.05, 0) is 65.7 Å². The minimum Gasteiger partial charge on any atom is -0.444 e. The maximum Gasteiger partial charge on any atom is 0.287 e. The standard InChI is InChI=1S/C22H28BrNO3/c1-15(2)19-14-22(11-13-26-19,17-6-4-16(3)5-7-17)10-12-24-21(25)18-8-9-20(23)27-18/h4-9,15,19H,10-14H2,1-3H3,(H,24,25)/t19-,22-/m1/s1. The summed E-state index contributed by atoms with van der Waals surface area (Å²) in [6.45, 7) is 7.91. The van der Waals surface area contributed by atoms with Crippen LogP contribution in [0.2, 0.25) is 0 Å². The molecule has 2 heterocycles. The van der Waals surface area contributed by atoms with Gasteiger partial charge in [-0.3, -0.25) is 4.79 Å². The van der Waals surface area contributed by atoms with Crippen LogP contribution in [0.25, 0.3) is 0 Å². The second kappa shape index (κ2) is 8.61. The predicted octanol–water partition coefficient (Wildman–Crippen LogP) is 5.24. The first-order chi connectivity index (χ1) is 12.9. The number of ether oxygens (including phenoxy) is 1. The molecule has 4 nitrogen and oxygen atoms in total. The molecular weight excluding hydrogens is 406 g/mol. The number of rotatable bonds is 6. The zero-order chi connectivity index (χ0) is 19.4. The first-order valence-corrected chi connectivity index (χ1v) is 10.4. The van der Waals surface area contributed by atoms with Gasteiger partial charge >= 0.3 is 0 Å². The fraction of sp³-hybridized carbons (Fsp3) is 0.500.